The van der Waals surface area contributed by atoms with E-state index in [0.29, 0.717) is 12.0 Å². The van der Waals surface area contributed by atoms with Crippen LogP contribution in [-0.4, -0.2) is 110 Å². The summed E-state index contributed by atoms with van der Waals surface area (Å²) in [6.45, 7) is 10.1. The molecule has 0 spiro atoms. The predicted octanol–water partition coefficient (Wildman–Crippen LogP) is 3.30. The van der Waals surface area contributed by atoms with Gasteiger partial charge in [-0.05, 0) is 52.3 Å². The third-order valence-corrected chi connectivity index (χ3v) is 11.8. The molecule has 2 aliphatic carbocycles. The lowest BCUT2D eigenvalue weighted by Crippen LogP contribution is -2.58. The molecule has 0 radical (unpaired) electrons. The number of hydrogen-bond donors (Lipinski definition) is 5. The van der Waals surface area contributed by atoms with E-state index in [0.717, 1.165) is 0 Å². The standard InChI is InChI=1S/C43H50N4O12/c1-8-16-47(42(55)21(3)45-41(54)25-12-14-44-15-13-25)22(4)40(53)46-28-17-31(58-23(5)20(28)2)59-30-19-43(56,24(6)48)18-27-33(30)39(52)35-34(37(27)50)36(49)26-10-9-11-29(57-7)32(26)38(35)51/h9-15,20-23,28,30-31,50,52,56H,8,16-19H2,1-7H3,(H,45,54)(H,46,53)/t20-,21-,22+,23+,28+,30+,31+,43+/m1/s1. The maximum Gasteiger partial charge on any atom is 0.252 e. The zero-order chi connectivity index (χ0) is 43.1. The number of rotatable bonds is 12. The Labute approximate surface area is 341 Å². The molecule has 1 aromatic heterocycles. The van der Waals surface area contributed by atoms with Crippen LogP contribution < -0.4 is 15.4 Å². The number of ketones is 3. The Morgan fingerprint density at radius 2 is 1.69 bits per heavy atom. The van der Waals surface area contributed by atoms with Crippen molar-refractivity contribution in [3.8, 4) is 17.2 Å². The van der Waals surface area contributed by atoms with Crippen LogP contribution in [0.15, 0.2) is 42.7 Å². The molecule has 0 saturated carbocycles. The fraction of sp³-hybridized carbons (Fsp3) is 0.465. The topological polar surface area (TPSA) is 231 Å². The number of phenols is 2. The first-order valence-corrected chi connectivity index (χ1v) is 19.7. The Kier molecular flexibility index (Phi) is 12.3. The van der Waals surface area contributed by atoms with E-state index in [2.05, 4.69) is 15.6 Å². The van der Waals surface area contributed by atoms with Gasteiger partial charge in [0.25, 0.3) is 5.91 Å². The van der Waals surface area contributed by atoms with E-state index in [1.807, 2.05) is 13.8 Å². The number of pyridine rings is 1. The molecule has 2 heterocycles. The molecule has 314 valence electrons. The van der Waals surface area contributed by atoms with Crippen LogP contribution in [0.25, 0.3) is 0 Å². The van der Waals surface area contributed by atoms with E-state index in [1.165, 1.54) is 61.7 Å². The van der Waals surface area contributed by atoms with Crippen molar-refractivity contribution in [1.29, 1.82) is 0 Å². The van der Waals surface area contributed by atoms with Crippen LogP contribution in [0.5, 0.6) is 17.2 Å². The first-order chi connectivity index (χ1) is 27.9. The van der Waals surface area contributed by atoms with Gasteiger partial charge in [-0.3, -0.25) is 33.8 Å². The summed E-state index contributed by atoms with van der Waals surface area (Å²) in [5.74, 6) is -5.07. The van der Waals surface area contributed by atoms with Crippen LogP contribution in [0.4, 0.5) is 0 Å². The number of nitrogens with zero attached hydrogens (tertiary/aromatic N) is 2. The maximum absolute atomic E-state index is 14.0. The quantitative estimate of drug-likeness (QED) is 0.130. The molecule has 8 atom stereocenters. The molecule has 16 heteroatoms. The van der Waals surface area contributed by atoms with E-state index in [9.17, 15) is 44.1 Å². The van der Waals surface area contributed by atoms with Crippen molar-refractivity contribution < 1.29 is 58.3 Å². The Morgan fingerprint density at radius 3 is 2.34 bits per heavy atom. The Bertz CT molecular complexity index is 2190. The molecule has 16 nitrogen and oxygen atoms in total. The SMILES string of the molecule is CCCN(C(=O)[C@@H](C)NC(=O)c1ccncc1)[C@@H](C)C(=O)N[C@H]1C[C@H](O[C@H]2C[C@](O)(C(C)=O)Cc3c(O)c4c(c(O)c32)C(=O)c2c(OC)cccc2C4=O)O[C@@H](C)[C@H]1C. The van der Waals surface area contributed by atoms with Gasteiger partial charge in [-0.2, -0.15) is 0 Å². The Morgan fingerprint density at radius 1 is 1.02 bits per heavy atom. The molecule has 1 fully saturated rings. The van der Waals surface area contributed by atoms with Crippen molar-refractivity contribution in [2.45, 2.75) is 109 Å². The number of Topliss-reactive ketones (excluding diaryl/α,β-unsaturated/α-hetero) is 1. The first kappa shape index (κ1) is 42.9. The minimum atomic E-state index is -2.10. The minimum absolute atomic E-state index is 0.0486. The average Bonchev–Trinajstić information content (AvgIpc) is 3.21. The second kappa shape index (κ2) is 16.9. The number of nitrogens with one attached hydrogen (secondary N) is 2. The molecular weight excluding hydrogens is 764 g/mol. The van der Waals surface area contributed by atoms with E-state index in [4.69, 9.17) is 14.2 Å². The van der Waals surface area contributed by atoms with E-state index in [-0.39, 0.29) is 46.9 Å². The molecule has 6 rings (SSSR count). The summed E-state index contributed by atoms with van der Waals surface area (Å²) >= 11 is 0. The Hall–Kier alpha value is -5.71. The number of ether oxygens (including phenoxy) is 3. The van der Waals surface area contributed by atoms with Crippen LogP contribution in [0, 0.1) is 5.92 Å². The Balaban J connectivity index is 1.26. The fourth-order valence-corrected chi connectivity index (χ4v) is 8.21. The molecule has 5 N–H and O–H groups in total. The number of aliphatic hydroxyl groups is 1. The van der Waals surface area contributed by atoms with Gasteiger partial charge in [0.2, 0.25) is 17.6 Å². The number of carbonyl (C=O) groups excluding carboxylic acids is 6. The zero-order valence-corrected chi connectivity index (χ0v) is 34.0. The molecule has 0 unspecified atom stereocenters. The summed E-state index contributed by atoms with van der Waals surface area (Å²) in [6, 6.07) is 4.98. The molecule has 1 saturated heterocycles. The van der Waals surface area contributed by atoms with Crippen molar-refractivity contribution in [3.05, 3.63) is 81.7 Å². The van der Waals surface area contributed by atoms with Crippen LogP contribution in [-0.2, 0) is 30.3 Å². The van der Waals surface area contributed by atoms with Crippen molar-refractivity contribution in [2.24, 2.45) is 5.92 Å². The molecule has 2 aromatic carbocycles. The second-order valence-corrected chi connectivity index (χ2v) is 15.6. The minimum Gasteiger partial charge on any atom is -0.507 e. The third-order valence-electron chi connectivity index (χ3n) is 11.8. The number of phenolic OH excluding ortho intramolecular Hbond substituents is 2. The van der Waals surface area contributed by atoms with Gasteiger partial charge < -0.3 is 45.1 Å². The number of aromatic nitrogens is 1. The van der Waals surface area contributed by atoms with E-state index < -0.39 is 113 Å². The summed E-state index contributed by atoms with van der Waals surface area (Å²) in [6.07, 6.45) is -0.326. The van der Waals surface area contributed by atoms with Gasteiger partial charge in [0.05, 0.1) is 36.0 Å². The van der Waals surface area contributed by atoms with Gasteiger partial charge in [0, 0.05) is 72.4 Å². The van der Waals surface area contributed by atoms with Gasteiger partial charge in [-0.25, -0.2) is 0 Å². The molecule has 1 aliphatic heterocycles. The van der Waals surface area contributed by atoms with Crippen LogP contribution >= 0.6 is 0 Å². The number of hydrogen-bond acceptors (Lipinski definition) is 13. The van der Waals surface area contributed by atoms with Gasteiger partial charge in [-0.1, -0.05) is 26.0 Å². The summed E-state index contributed by atoms with van der Waals surface area (Å²) in [7, 11) is 1.33. The molecule has 0 bridgehead atoms. The number of aromatic hydroxyl groups is 2. The largest absolute Gasteiger partial charge is 0.507 e. The van der Waals surface area contributed by atoms with Crippen molar-refractivity contribution in [1.82, 2.24) is 20.5 Å². The first-order valence-electron chi connectivity index (χ1n) is 19.7. The number of carbonyl (C=O) groups is 6. The summed E-state index contributed by atoms with van der Waals surface area (Å²) in [5.41, 5.74) is -3.06. The zero-order valence-electron chi connectivity index (χ0n) is 34.0. The van der Waals surface area contributed by atoms with Crippen LogP contribution in [0.1, 0.15) is 120 Å². The third kappa shape index (κ3) is 7.91. The van der Waals surface area contributed by atoms with Crippen molar-refractivity contribution in [2.75, 3.05) is 13.7 Å². The molecule has 3 aliphatic rings. The lowest BCUT2D eigenvalue weighted by molar-refractivity contribution is -0.238. The molecule has 59 heavy (non-hydrogen) atoms. The van der Waals surface area contributed by atoms with E-state index in [1.54, 1.807) is 20.8 Å². The molecule has 3 aromatic rings. The van der Waals surface area contributed by atoms with Crippen molar-refractivity contribution in [3.63, 3.8) is 0 Å². The summed E-state index contributed by atoms with van der Waals surface area (Å²) < 4.78 is 18.0. The monoisotopic (exact) mass is 814 g/mol. The smallest absolute Gasteiger partial charge is 0.252 e. The summed E-state index contributed by atoms with van der Waals surface area (Å²) in [5, 5.41) is 40.9. The number of fused-ring (bicyclic) bond motifs is 3. The highest BCUT2D eigenvalue weighted by Crippen LogP contribution is 2.52. The maximum atomic E-state index is 14.0. The highest BCUT2D eigenvalue weighted by molar-refractivity contribution is 6.31. The fourth-order valence-electron chi connectivity index (χ4n) is 8.21. The number of methoxy groups -OCH3 is 1. The normalized spacial score (nSPS) is 24.4. The second-order valence-electron chi connectivity index (χ2n) is 15.6. The summed E-state index contributed by atoms with van der Waals surface area (Å²) in [4.78, 5) is 86.4. The van der Waals surface area contributed by atoms with E-state index >= 15 is 0 Å². The van der Waals surface area contributed by atoms with Gasteiger partial charge >= 0.3 is 0 Å². The van der Waals surface area contributed by atoms with Crippen LogP contribution in [0.3, 0.4) is 0 Å². The predicted molar refractivity (Wildman–Crippen MR) is 210 cm³/mol. The number of benzene rings is 2. The lowest BCUT2D eigenvalue weighted by Gasteiger charge is -2.43. The average molecular weight is 815 g/mol. The molecule has 3 amide bonds. The van der Waals surface area contributed by atoms with Crippen molar-refractivity contribution >= 4 is 35.1 Å². The highest BCUT2D eigenvalue weighted by Gasteiger charge is 2.49. The van der Waals surface area contributed by atoms with Gasteiger partial charge in [0.15, 0.2) is 17.9 Å². The molecular formula is C43H50N4O12. The highest BCUT2D eigenvalue weighted by atomic mass is 16.7. The van der Waals surface area contributed by atoms with Gasteiger partial charge in [0.1, 0.15) is 34.9 Å². The van der Waals surface area contributed by atoms with Gasteiger partial charge in [-0.15, -0.1) is 0 Å². The van der Waals surface area contributed by atoms with Crippen LogP contribution in [0.2, 0.25) is 0 Å². The number of amides is 3. The lowest BCUT2D eigenvalue weighted by atomic mass is 9.72.